The number of imidazole rings is 1. The molecule has 0 saturated heterocycles. The minimum absolute atomic E-state index is 0.0421. The van der Waals surface area contributed by atoms with Crippen molar-refractivity contribution in [1.82, 2.24) is 25.1 Å². The number of hydrogen-bond donors (Lipinski definition) is 2. The molecule has 5 heteroatoms. The Hall–Kier alpha value is -1.62. The Balaban J connectivity index is 1.78. The summed E-state index contributed by atoms with van der Waals surface area (Å²) in [7, 11) is 0. The summed E-state index contributed by atoms with van der Waals surface area (Å²) < 4.78 is 1.97. The van der Waals surface area contributed by atoms with Crippen LogP contribution in [-0.2, 0) is 18.5 Å². The summed E-state index contributed by atoms with van der Waals surface area (Å²) >= 11 is 0. The fraction of sp³-hybridized carbons (Fsp3) is 0.500. The first-order chi connectivity index (χ1) is 8.28. The Morgan fingerprint density at radius 2 is 2.47 bits per heavy atom. The SMILES string of the molecule is C[C@]1(CCn2cccn2)NCCc2[nH]cnc21. The maximum atomic E-state index is 4.46. The molecule has 3 rings (SSSR count). The number of H-pyrrole nitrogens is 1. The van der Waals surface area contributed by atoms with E-state index in [-0.39, 0.29) is 5.54 Å². The largest absolute Gasteiger partial charge is 0.348 e. The molecular weight excluding hydrogens is 214 g/mol. The van der Waals surface area contributed by atoms with Crippen molar-refractivity contribution in [3.63, 3.8) is 0 Å². The van der Waals surface area contributed by atoms with E-state index in [9.17, 15) is 0 Å². The second-order valence-electron chi connectivity index (χ2n) is 4.76. The smallest absolute Gasteiger partial charge is 0.0926 e. The third-order valence-electron chi connectivity index (χ3n) is 3.53. The lowest BCUT2D eigenvalue weighted by atomic mass is 9.88. The molecular formula is C12H17N5. The highest BCUT2D eigenvalue weighted by molar-refractivity contribution is 5.24. The molecule has 0 fully saturated rings. The van der Waals surface area contributed by atoms with E-state index in [1.165, 1.54) is 5.69 Å². The second kappa shape index (κ2) is 4.00. The summed E-state index contributed by atoms with van der Waals surface area (Å²) in [5.41, 5.74) is 2.39. The number of hydrogen-bond acceptors (Lipinski definition) is 3. The number of aryl methyl sites for hydroxylation is 1. The predicted octanol–water partition coefficient (Wildman–Crippen LogP) is 1.06. The lowest BCUT2D eigenvalue weighted by molar-refractivity contribution is 0.292. The van der Waals surface area contributed by atoms with E-state index < -0.39 is 0 Å². The van der Waals surface area contributed by atoms with Gasteiger partial charge in [0.15, 0.2) is 0 Å². The van der Waals surface area contributed by atoms with Crippen molar-refractivity contribution >= 4 is 0 Å². The summed E-state index contributed by atoms with van der Waals surface area (Å²) in [5, 5.41) is 7.81. The van der Waals surface area contributed by atoms with Gasteiger partial charge in [-0.1, -0.05) is 0 Å². The molecule has 0 aliphatic carbocycles. The average molecular weight is 231 g/mol. The zero-order chi connectivity index (χ0) is 11.7. The molecule has 2 aromatic heterocycles. The Labute approximate surface area is 100 Å². The van der Waals surface area contributed by atoms with Gasteiger partial charge in [0.25, 0.3) is 0 Å². The van der Waals surface area contributed by atoms with Gasteiger partial charge in [-0.3, -0.25) is 4.68 Å². The van der Waals surface area contributed by atoms with Crippen LogP contribution in [0, 0.1) is 0 Å². The maximum absolute atomic E-state index is 4.46. The molecule has 0 spiro atoms. The van der Waals surface area contributed by atoms with Crippen molar-refractivity contribution in [3.05, 3.63) is 36.2 Å². The van der Waals surface area contributed by atoms with Gasteiger partial charge in [0.1, 0.15) is 0 Å². The van der Waals surface area contributed by atoms with E-state index in [1.807, 2.05) is 23.1 Å². The number of nitrogens with one attached hydrogen (secondary N) is 2. The molecule has 1 atom stereocenters. The van der Waals surface area contributed by atoms with Crippen LogP contribution in [0.4, 0.5) is 0 Å². The van der Waals surface area contributed by atoms with Gasteiger partial charge in [0, 0.05) is 37.6 Å². The van der Waals surface area contributed by atoms with Crippen molar-refractivity contribution in [2.75, 3.05) is 6.54 Å². The summed E-state index contributed by atoms with van der Waals surface area (Å²) in [4.78, 5) is 7.69. The van der Waals surface area contributed by atoms with Crippen LogP contribution in [-0.4, -0.2) is 26.3 Å². The maximum Gasteiger partial charge on any atom is 0.0926 e. The minimum Gasteiger partial charge on any atom is -0.348 e. The molecule has 1 aliphatic heterocycles. The zero-order valence-corrected chi connectivity index (χ0v) is 9.98. The topological polar surface area (TPSA) is 58.5 Å². The number of nitrogens with zero attached hydrogens (tertiary/aromatic N) is 3. The third-order valence-corrected chi connectivity index (χ3v) is 3.53. The van der Waals surface area contributed by atoms with E-state index in [1.54, 1.807) is 6.33 Å². The quantitative estimate of drug-likeness (QED) is 0.830. The molecule has 90 valence electrons. The number of rotatable bonds is 3. The summed E-state index contributed by atoms with van der Waals surface area (Å²) in [6.07, 6.45) is 7.64. The van der Waals surface area contributed by atoms with Crippen LogP contribution >= 0.6 is 0 Å². The van der Waals surface area contributed by atoms with Crippen LogP contribution < -0.4 is 5.32 Å². The summed E-state index contributed by atoms with van der Waals surface area (Å²) in [6, 6.07) is 1.95. The van der Waals surface area contributed by atoms with Gasteiger partial charge in [0.2, 0.25) is 0 Å². The minimum atomic E-state index is -0.0421. The fourth-order valence-electron chi connectivity index (χ4n) is 2.51. The molecule has 1 aliphatic rings. The molecule has 0 amide bonds. The highest BCUT2D eigenvalue weighted by atomic mass is 15.3. The standard InChI is InChI=1S/C12H17N5/c1-12(4-8-17-7-2-5-16-17)11-10(3-6-15-12)13-9-14-11/h2,5,7,9,15H,3-4,6,8H2,1H3,(H,13,14)/t12-/m1/s1. The predicted molar refractivity (Wildman–Crippen MR) is 64.5 cm³/mol. The van der Waals surface area contributed by atoms with Gasteiger partial charge >= 0.3 is 0 Å². The number of aromatic nitrogens is 4. The van der Waals surface area contributed by atoms with Crippen molar-refractivity contribution in [2.45, 2.75) is 31.8 Å². The monoisotopic (exact) mass is 231 g/mol. The van der Waals surface area contributed by atoms with E-state index in [2.05, 4.69) is 27.3 Å². The zero-order valence-electron chi connectivity index (χ0n) is 9.98. The van der Waals surface area contributed by atoms with Gasteiger partial charge in [-0.05, 0) is 19.4 Å². The Morgan fingerprint density at radius 3 is 3.29 bits per heavy atom. The van der Waals surface area contributed by atoms with Gasteiger partial charge in [-0.15, -0.1) is 0 Å². The lowest BCUT2D eigenvalue weighted by Crippen LogP contribution is -2.45. The van der Waals surface area contributed by atoms with Gasteiger partial charge < -0.3 is 10.3 Å². The average Bonchev–Trinajstić information content (AvgIpc) is 2.98. The van der Waals surface area contributed by atoms with E-state index >= 15 is 0 Å². The molecule has 0 radical (unpaired) electrons. The van der Waals surface area contributed by atoms with E-state index in [0.29, 0.717) is 0 Å². The molecule has 0 unspecified atom stereocenters. The van der Waals surface area contributed by atoms with E-state index in [0.717, 1.165) is 31.6 Å². The van der Waals surface area contributed by atoms with Crippen LogP contribution in [0.15, 0.2) is 24.8 Å². The Morgan fingerprint density at radius 1 is 1.53 bits per heavy atom. The first-order valence-corrected chi connectivity index (χ1v) is 6.03. The molecule has 0 saturated carbocycles. The normalized spacial score (nSPS) is 23.6. The highest BCUT2D eigenvalue weighted by Gasteiger charge is 2.33. The van der Waals surface area contributed by atoms with Crippen LogP contribution in [0.1, 0.15) is 24.7 Å². The molecule has 17 heavy (non-hydrogen) atoms. The van der Waals surface area contributed by atoms with Crippen molar-refractivity contribution < 1.29 is 0 Å². The molecule has 3 heterocycles. The van der Waals surface area contributed by atoms with Gasteiger partial charge in [0.05, 0.1) is 17.6 Å². The lowest BCUT2D eigenvalue weighted by Gasteiger charge is -2.34. The van der Waals surface area contributed by atoms with Crippen molar-refractivity contribution in [3.8, 4) is 0 Å². The first-order valence-electron chi connectivity index (χ1n) is 6.03. The molecule has 0 bridgehead atoms. The molecule has 2 N–H and O–H groups in total. The third kappa shape index (κ3) is 1.86. The Bertz CT molecular complexity index is 487. The van der Waals surface area contributed by atoms with Crippen LogP contribution in [0.3, 0.4) is 0 Å². The second-order valence-corrected chi connectivity index (χ2v) is 4.76. The molecule has 2 aromatic rings. The van der Waals surface area contributed by atoms with Crippen LogP contribution in [0.2, 0.25) is 0 Å². The van der Waals surface area contributed by atoms with Gasteiger partial charge in [-0.2, -0.15) is 5.10 Å². The fourth-order valence-corrected chi connectivity index (χ4v) is 2.51. The number of aromatic amines is 1. The van der Waals surface area contributed by atoms with E-state index in [4.69, 9.17) is 0 Å². The number of fused-ring (bicyclic) bond motifs is 1. The van der Waals surface area contributed by atoms with Crippen LogP contribution in [0.25, 0.3) is 0 Å². The Kier molecular flexibility index (Phi) is 2.48. The first kappa shape index (κ1) is 10.5. The van der Waals surface area contributed by atoms with Crippen LogP contribution in [0.5, 0.6) is 0 Å². The molecule has 0 aromatic carbocycles. The van der Waals surface area contributed by atoms with Gasteiger partial charge in [-0.25, -0.2) is 4.98 Å². The van der Waals surface area contributed by atoms with Crippen molar-refractivity contribution in [1.29, 1.82) is 0 Å². The van der Waals surface area contributed by atoms with Crippen molar-refractivity contribution in [2.24, 2.45) is 0 Å². The summed E-state index contributed by atoms with van der Waals surface area (Å²) in [5.74, 6) is 0. The molecule has 5 nitrogen and oxygen atoms in total. The summed E-state index contributed by atoms with van der Waals surface area (Å²) in [6.45, 7) is 4.13. The highest BCUT2D eigenvalue weighted by Crippen LogP contribution is 2.29.